The van der Waals surface area contributed by atoms with Gasteiger partial charge in [0, 0.05) is 12.8 Å². The van der Waals surface area contributed by atoms with Gasteiger partial charge in [0.1, 0.15) is 0 Å². The highest BCUT2D eigenvalue weighted by Gasteiger charge is 1.96. The molecule has 0 radical (unpaired) electrons. The van der Waals surface area contributed by atoms with Crippen molar-refractivity contribution in [3.05, 3.63) is 0 Å². The van der Waals surface area contributed by atoms with E-state index in [2.05, 4.69) is 4.74 Å². The van der Waals surface area contributed by atoms with Gasteiger partial charge in [0.2, 0.25) is 5.91 Å². The van der Waals surface area contributed by atoms with Gasteiger partial charge in [0.15, 0.2) is 0 Å². The summed E-state index contributed by atoms with van der Waals surface area (Å²) in [6, 6.07) is 0. The monoisotopic (exact) mass is 175 g/mol. The van der Waals surface area contributed by atoms with Crippen LogP contribution in [0.15, 0.2) is 0 Å². The minimum atomic E-state index is -0.241. The first kappa shape index (κ1) is 13.5. The van der Waals surface area contributed by atoms with Gasteiger partial charge < -0.3 is 10.5 Å². The molecule has 0 saturated carbocycles. The molecule has 0 rings (SSSR count). The summed E-state index contributed by atoms with van der Waals surface area (Å²) in [4.78, 5) is 19.7. The summed E-state index contributed by atoms with van der Waals surface area (Å²) < 4.78 is 4.40. The van der Waals surface area contributed by atoms with Gasteiger partial charge in [-0.25, -0.2) is 0 Å². The number of primary amides is 1. The first-order valence-corrected chi connectivity index (χ1v) is 3.84. The van der Waals surface area contributed by atoms with Crippen molar-refractivity contribution in [1.29, 1.82) is 0 Å². The Morgan fingerprint density at radius 1 is 1.42 bits per heavy atom. The van der Waals surface area contributed by atoms with Crippen LogP contribution in [-0.2, 0) is 14.3 Å². The van der Waals surface area contributed by atoms with Gasteiger partial charge in [-0.3, -0.25) is 9.59 Å². The molecule has 0 saturated heterocycles. The highest BCUT2D eigenvalue weighted by Crippen LogP contribution is 1.84. The first-order chi connectivity index (χ1) is 5.41. The maximum absolute atomic E-state index is 9.92. The average Bonchev–Trinajstić information content (AvgIpc) is 1.87. The number of esters is 1. The molecule has 0 aromatic rings. The molecular formula is C8H17NO3. The van der Waals surface area contributed by atoms with E-state index in [1.807, 2.05) is 0 Å². The molecule has 0 heterocycles. The number of ether oxygens (including phenoxy) is 1. The molecular weight excluding hydrogens is 158 g/mol. The third-order valence-electron chi connectivity index (χ3n) is 0.917. The molecule has 1 amide bonds. The van der Waals surface area contributed by atoms with E-state index < -0.39 is 0 Å². The van der Waals surface area contributed by atoms with E-state index in [1.165, 1.54) is 6.92 Å². The zero-order chi connectivity index (χ0) is 10.1. The maximum Gasteiger partial charge on any atom is 0.302 e. The van der Waals surface area contributed by atoms with Crippen molar-refractivity contribution >= 4 is 11.9 Å². The average molecular weight is 175 g/mol. The Kier molecular flexibility index (Phi) is 9.06. The molecule has 0 spiro atoms. The molecule has 4 heteroatoms. The summed E-state index contributed by atoms with van der Waals surface area (Å²) >= 11 is 0. The number of hydrogen-bond donors (Lipinski definition) is 1. The molecule has 72 valence electrons. The second-order valence-corrected chi connectivity index (χ2v) is 2.48. The standard InChI is InChI=1S/C4H9NO.C4H8O2/c1-3(2)4(5)6;1-3-6-4(2)5/h3H,1-2H3,(H2,5,6);3H2,1-2H3. The number of carbonyl (C=O) groups is 2. The van der Waals surface area contributed by atoms with Crippen molar-refractivity contribution in [3.63, 3.8) is 0 Å². The lowest BCUT2D eigenvalue weighted by Gasteiger charge is -1.90. The highest BCUT2D eigenvalue weighted by molar-refractivity contribution is 5.75. The Labute approximate surface area is 73.1 Å². The molecule has 0 fully saturated rings. The Hall–Kier alpha value is -1.06. The number of nitrogens with two attached hydrogens (primary N) is 1. The number of hydrogen-bond acceptors (Lipinski definition) is 3. The van der Waals surface area contributed by atoms with Crippen molar-refractivity contribution in [1.82, 2.24) is 0 Å². The van der Waals surface area contributed by atoms with E-state index >= 15 is 0 Å². The zero-order valence-corrected chi connectivity index (χ0v) is 8.09. The van der Waals surface area contributed by atoms with Gasteiger partial charge in [0.25, 0.3) is 0 Å². The predicted molar refractivity (Wildman–Crippen MR) is 46.3 cm³/mol. The molecule has 12 heavy (non-hydrogen) atoms. The molecule has 2 N–H and O–H groups in total. The van der Waals surface area contributed by atoms with E-state index in [1.54, 1.807) is 20.8 Å². The topological polar surface area (TPSA) is 69.4 Å². The Bertz CT molecular complexity index is 143. The van der Waals surface area contributed by atoms with Gasteiger partial charge in [0.05, 0.1) is 6.61 Å². The fourth-order valence-electron chi connectivity index (χ4n) is 0.203. The van der Waals surface area contributed by atoms with Crippen LogP contribution in [-0.4, -0.2) is 18.5 Å². The second kappa shape index (κ2) is 8.04. The summed E-state index contributed by atoms with van der Waals surface area (Å²) in [6.07, 6.45) is 0. The fraction of sp³-hybridized carbons (Fsp3) is 0.750. The van der Waals surface area contributed by atoms with Gasteiger partial charge in [-0.15, -0.1) is 0 Å². The zero-order valence-electron chi connectivity index (χ0n) is 8.09. The van der Waals surface area contributed by atoms with Crippen LogP contribution in [0.2, 0.25) is 0 Å². The molecule has 4 nitrogen and oxygen atoms in total. The molecule has 0 atom stereocenters. The SMILES string of the molecule is CC(C)C(N)=O.CCOC(C)=O. The van der Waals surface area contributed by atoms with Gasteiger partial charge in [-0.05, 0) is 6.92 Å². The molecule has 0 aromatic heterocycles. The molecule has 0 aliphatic rings. The van der Waals surface area contributed by atoms with Crippen molar-refractivity contribution in [2.75, 3.05) is 6.61 Å². The Morgan fingerprint density at radius 3 is 1.75 bits per heavy atom. The summed E-state index contributed by atoms with van der Waals surface area (Å²) in [7, 11) is 0. The van der Waals surface area contributed by atoms with E-state index in [4.69, 9.17) is 5.73 Å². The third kappa shape index (κ3) is 16.0. The van der Waals surface area contributed by atoms with Crippen molar-refractivity contribution in [2.45, 2.75) is 27.7 Å². The van der Waals surface area contributed by atoms with E-state index in [9.17, 15) is 9.59 Å². The molecule has 0 unspecified atom stereocenters. The maximum atomic E-state index is 9.92. The molecule has 0 bridgehead atoms. The van der Waals surface area contributed by atoms with Crippen molar-refractivity contribution in [3.8, 4) is 0 Å². The molecule has 0 aliphatic heterocycles. The van der Waals surface area contributed by atoms with Gasteiger partial charge in [-0.2, -0.15) is 0 Å². The smallest absolute Gasteiger partial charge is 0.302 e. The van der Waals surface area contributed by atoms with Gasteiger partial charge in [-0.1, -0.05) is 13.8 Å². The summed E-state index contributed by atoms with van der Waals surface area (Å²) in [5.74, 6) is -0.461. The van der Waals surface area contributed by atoms with Crippen LogP contribution in [0.1, 0.15) is 27.7 Å². The van der Waals surface area contributed by atoms with Crippen LogP contribution in [0.3, 0.4) is 0 Å². The van der Waals surface area contributed by atoms with Crippen molar-refractivity contribution < 1.29 is 14.3 Å². The van der Waals surface area contributed by atoms with E-state index in [-0.39, 0.29) is 17.8 Å². The first-order valence-electron chi connectivity index (χ1n) is 3.84. The van der Waals surface area contributed by atoms with E-state index in [0.717, 1.165) is 0 Å². The lowest BCUT2D eigenvalue weighted by Crippen LogP contribution is -2.17. The third-order valence-corrected chi connectivity index (χ3v) is 0.917. The Morgan fingerprint density at radius 2 is 1.75 bits per heavy atom. The molecule has 0 aliphatic carbocycles. The highest BCUT2D eigenvalue weighted by atomic mass is 16.5. The largest absolute Gasteiger partial charge is 0.466 e. The minimum absolute atomic E-state index is 0.00926. The summed E-state index contributed by atoms with van der Waals surface area (Å²) in [5, 5.41) is 0. The Balaban J connectivity index is 0. The summed E-state index contributed by atoms with van der Waals surface area (Å²) in [6.45, 7) is 7.19. The quantitative estimate of drug-likeness (QED) is 0.628. The van der Waals surface area contributed by atoms with Crippen LogP contribution in [0.5, 0.6) is 0 Å². The number of rotatable bonds is 2. The number of carbonyl (C=O) groups excluding carboxylic acids is 2. The number of amides is 1. The molecule has 0 aromatic carbocycles. The van der Waals surface area contributed by atoms with Gasteiger partial charge >= 0.3 is 5.97 Å². The van der Waals surface area contributed by atoms with Crippen molar-refractivity contribution in [2.24, 2.45) is 11.7 Å². The van der Waals surface area contributed by atoms with Crippen LogP contribution < -0.4 is 5.73 Å². The lowest BCUT2D eigenvalue weighted by molar-refractivity contribution is -0.140. The van der Waals surface area contributed by atoms with Crippen LogP contribution >= 0.6 is 0 Å². The summed E-state index contributed by atoms with van der Waals surface area (Å²) in [5.41, 5.74) is 4.80. The van der Waals surface area contributed by atoms with Crippen LogP contribution in [0.4, 0.5) is 0 Å². The second-order valence-electron chi connectivity index (χ2n) is 2.48. The minimum Gasteiger partial charge on any atom is -0.466 e. The van der Waals surface area contributed by atoms with Crippen LogP contribution in [0.25, 0.3) is 0 Å². The lowest BCUT2D eigenvalue weighted by atomic mass is 10.2. The van der Waals surface area contributed by atoms with Crippen LogP contribution in [0, 0.1) is 5.92 Å². The fourth-order valence-corrected chi connectivity index (χ4v) is 0.203. The normalized spacial score (nSPS) is 8.42. The van der Waals surface area contributed by atoms with E-state index in [0.29, 0.717) is 6.61 Å². The predicted octanol–water partition coefficient (Wildman–Crippen LogP) is 0.697.